The monoisotopic (exact) mass is 340 g/mol. The minimum absolute atomic E-state index is 0.166. The van der Waals surface area contributed by atoms with E-state index in [1.807, 2.05) is 42.5 Å². The molecule has 1 aromatic heterocycles. The van der Waals surface area contributed by atoms with Crippen LogP contribution in [0.1, 0.15) is 6.42 Å². The maximum Gasteiger partial charge on any atom is 0.190 e. The normalized spacial score (nSPS) is 11.7. The molecule has 1 heterocycles. The smallest absolute Gasteiger partial charge is 0.190 e. The van der Waals surface area contributed by atoms with Crippen molar-refractivity contribution in [3.8, 4) is 17.0 Å². The molecule has 0 aliphatic rings. The number of hydrogen-bond acceptors (Lipinski definition) is 4. The van der Waals surface area contributed by atoms with E-state index in [0.717, 1.165) is 34.0 Å². The molecule has 0 aliphatic carbocycles. The van der Waals surface area contributed by atoms with Crippen molar-refractivity contribution in [1.82, 2.24) is 4.57 Å². The molecule has 0 radical (unpaired) electrons. The van der Waals surface area contributed by atoms with E-state index in [-0.39, 0.29) is 6.61 Å². The van der Waals surface area contributed by atoms with Crippen LogP contribution in [0.5, 0.6) is 5.75 Å². The first-order chi connectivity index (χ1) is 11.8. The highest BCUT2D eigenvalue weighted by Gasteiger charge is 2.07. The van der Waals surface area contributed by atoms with E-state index < -0.39 is 0 Å². The Kier molecular flexibility index (Phi) is 5.46. The number of benzene rings is 2. The van der Waals surface area contributed by atoms with Crippen LogP contribution in [0.15, 0.2) is 65.0 Å². The Bertz CT molecular complexity index is 836. The number of aliphatic hydroxyl groups excluding tert-OH is 1. The minimum atomic E-state index is 0.166. The Morgan fingerprint density at radius 3 is 2.50 bits per heavy atom. The van der Waals surface area contributed by atoms with Gasteiger partial charge in [0.25, 0.3) is 0 Å². The fraction of sp³-hybridized carbons (Fsp3) is 0.211. The number of nitrogens with zero attached hydrogens (tertiary/aromatic N) is 2. The van der Waals surface area contributed by atoms with Crippen molar-refractivity contribution in [3.63, 3.8) is 0 Å². The lowest BCUT2D eigenvalue weighted by molar-refractivity contribution is 0.279. The van der Waals surface area contributed by atoms with Crippen molar-refractivity contribution in [3.05, 3.63) is 64.8 Å². The van der Waals surface area contributed by atoms with Crippen molar-refractivity contribution in [2.24, 2.45) is 4.99 Å². The molecular formula is C19H20N2O2S. The highest BCUT2D eigenvalue weighted by Crippen LogP contribution is 2.21. The molecule has 0 saturated heterocycles. The average molecular weight is 340 g/mol. The van der Waals surface area contributed by atoms with Crippen molar-refractivity contribution in [1.29, 1.82) is 0 Å². The molecule has 2 aromatic carbocycles. The van der Waals surface area contributed by atoms with Crippen LogP contribution >= 0.6 is 11.3 Å². The van der Waals surface area contributed by atoms with Gasteiger partial charge < -0.3 is 14.4 Å². The van der Waals surface area contributed by atoms with Gasteiger partial charge in [0, 0.05) is 18.5 Å². The van der Waals surface area contributed by atoms with E-state index in [1.165, 1.54) is 0 Å². The Balaban J connectivity index is 2.03. The maximum absolute atomic E-state index is 9.21. The molecule has 3 aromatic rings. The summed E-state index contributed by atoms with van der Waals surface area (Å²) >= 11 is 1.61. The van der Waals surface area contributed by atoms with Crippen LogP contribution in [0.3, 0.4) is 0 Å². The van der Waals surface area contributed by atoms with Gasteiger partial charge >= 0.3 is 0 Å². The molecule has 0 unspecified atom stereocenters. The van der Waals surface area contributed by atoms with Crippen molar-refractivity contribution < 1.29 is 9.84 Å². The zero-order valence-electron chi connectivity index (χ0n) is 13.6. The summed E-state index contributed by atoms with van der Waals surface area (Å²) in [5, 5.41) is 11.3. The number of ether oxygens (including phenoxy) is 1. The summed E-state index contributed by atoms with van der Waals surface area (Å²) in [6.07, 6.45) is 0.701. The van der Waals surface area contributed by atoms with Gasteiger partial charge in [-0.1, -0.05) is 30.3 Å². The van der Waals surface area contributed by atoms with Crippen LogP contribution in [-0.2, 0) is 6.54 Å². The Hall–Kier alpha value is -2.37. The second-order valence-corrected chi connectivity index (χ2v) is 6.14. The summed E-state index contributed by atoms with van der Waals surface area (Å²) in [5.41, 5.74) is 3.17. The van der Waals surface area contributed by atoms with Crippen LogP contribution in [0.2, 0.25) is 0 Å². The fourth-order valence-corrected chi connectivity index (χ4v) is 3.43. The summed E-state index contributed by atoms with van der Waals surface area (Å²) in [4.78, 5) is 5.68. The molecule has 0 fully saturated rings. The van der Waals surface area contributed by atoms with Gasteiger partial charge in [-0.15, -0.1) is 11.3 Å². The molecule has 0 amide bonds. The lowest BCUT2D eigenvalue weighted by Crippen LogP contribution is -2.16. The number of thiazole rings is 1. The summed E-state index contributed by atoms with van der Waals surface area (Å²) < 4.78 is 7.35. The van der Waals surface area contributed by atoms with Crippen LogP contribution in [0.4, 0.5) is 5.69 Å². The van der Waals surface area contributed by atoms with E-state index in [0.29, 0.717) is 6.42 Å². The predicted octanol–water partition coefficient (Wildman–Crippen LogP) is 3.84. The average Bonchev–Trinajstić information content (AvgIpc) is 3.04. The number of aromatic nitrogens is 1. The molecule has 4 nitrogen and oxygen atoms in total. The summed E-state index contributed by atoms with van der Waals surface area (Å²) in [6.45, 7) is 0.901. The number of rotatable bonds is 6. The van der Waals surface area contributed by atoms with Gasteiger partial charge in [0.05, 0.1) is 18.5 Å². The first-order valence-corrected chi connectivity index (χ1v) is 8.73. The first-order valence-electron chi connectivity index (χ1n) is 7.85. The fourth-order valence-electron chi connectivity index (χ4n) is 2.47. The third kappa shape index (κ3) is 3.75. The largest absolute Gasteiger partial charge is 0.497 e. The standard InChI is InChI=1S/C19H20N2O2S/c1-23-17-10-8-16(9-11-17)20-19-21(12-5-13-22)18(14-24-19)15-6-3-2-4-7-15/h2-4,6-11,14,22H,5,12-13H2,1H3. The highest BCUT2D eigenvalue weighted by atomic mass is 32.1. The van der Waals surface area contributed by atoms with Gasteiger partial charge in [0.1, 0.15) is 5.75 Å². The molecule has 0 aliphatic heterocycles. The lowest BCUT2D eigenvalue weighted by Gasteiger charge is -2.08. The van der Waals surface area contributed by atoms with E-state index in [1.54, 1.807) is 18.4 Å². The van der Waals surface area contributed by atoms with Gasteiger partial charge in [-0.2, -0.15) is 0 Å². The Labute approximate surface area is 145 Å². The van der Waals surface area contributed by atoms with Gasteiger partial charge in [0.2, 0.25) is 0 Å². The molecule has 5 heteroatoms. The predicted molar refractivity (Wildman–Crippen MR) is 97.7 cm³/mol. The lowest BCUT2D eigenvalue weighted by atomic mass is 10.2. The van der Waals surface area contributed by atoms with Gasteiger partial charge in [-0.3, -0.25) is 0 Å². The maximum atomic E-state index is 9.21. The quantitative estimate of drug-likeness (QED) is 0.741. The molecule has 0 bridgehead atoms. The number of hydrogen-bond donors (Lipinski definition) is 1. The highest BCUT2D eigenvalue weighted by molar-refractivity contribution is 7.07. The molecule has 1 N–H and O–H groups in total. The first kappa shape index (κ1) is 16.5. The summed E-state index contributed by atoms with van der Waals surface area (Å²) in [5.74, 6) is 0.818. The molecular weight excluding hydrogens is 320 g/mol. The second-order valence-electron chi connectivity index (χ2n) is 5.31. The van der Waals surface area contributed by atoms with Crippen molar-refractivity contribution in [2.45, 2.75) is 13.0 Å². The SMILES string of the molecule is COc1ccc(N=c2scc(-c3ccccc3)n2CCCO)cc1. The van der Waals surface area contributed by atoms with Gasteiger partial charge in [-0.05, 0) is 36.2 Å². The molecule has 3 rings (SSSR count). The van der Waals surface area contributed by atoms with Crippen molar-refractivity contribution >= 4 is 17.0 Å². The van der Waals surface area contributed by atoms with E-state index in [4.69, 9.17) is 9.73 Å². The second kappa shape index (κ2) is 7.95. The third-order valence-electron chi connectivity index (χ3n) is 3.70. The van der Waals surface area contributed by atoms with Crippen LogP contribution in [0, 0.1) is 0 Å². The molecule has 0 saturated carbocycles. The molecule has 0 spiro atoms. The zero-order chi connectivity index (χ0) is 16.8. The van der Waals surface area contributed by atoms with E-state index in [2.05, 4.69) is 22.1 Å². The van der Waals surface area contributed by atoms with Crippen LogP contribution in [-0.4, -0.2) is 23.4 Å². The molecule has 0 atom stereocenters. The van der Waals surface area contributed by atoms with Crippen LogP contribution < -0.4 is 9.54 Å². The number of methoxy groups -OCH3 is 1. The van der Waals surface area contributed by atoms with Gasteiger partial charge in [-0.25, -0.2) is 4.99 Å². The molecule has 24 heavy (non-hydrogen) atoms. The van der Waals surface area contributed by atoms with Gasteiger partial charge in [0.15, 0.2) is 4.80 Å². The Morgan fingerprint density at radius 1 is 1.08 bits per heavy atom. The third-order valence-corrected chi connectivity index (χ3v) is 4.57. The summed E-state index contributed by atoms with van der Waals surface area (Å²) in [6, 6.07) is 18.0. The minimum Gasteiger partial charge on any atom is -0.497 e. The van der Waals surface area contributed by atoms with Crippen molar-refractivity contribution in [2.75, 3.05) is 13.7 Å². The van der Waals surface area contributed by atoms with E-state index in [9.17, 15) is 5.11 Å². The molecule has 124 valence electrons. The topological polar surface area (TPSA) is 46.8 Å². The van der Waals surface area contributed by atoms with E-state index >= 15 is 0 Å². The zero-order valence-corrected chi connectivity index (χ0v) is 14.4. The number of aliphatic hydroxyl groups is 1. The van der Waals surface area contributed by atoms with Crippen LogP contribution in [0.25, 0.3) is 11.3 Å². The Morgan fingerprint density at radius 2 is 1.83 bits per heavy atom. The summed E-state index contributed by atoms with van der Waals surface area (Å²) in [7, 11) is 1.65.